The van der Waals surface area contributed by atoms with E-state index in [1.54, 1.807) is 31.4 Å². The van der Waals surface area contributed by atoms with Crippen LogP contribution in [0.4, 0.5) is 11.4 Å². The van der Waals surface area contributed by atoms with Gasteiger partial charge < -0.3 is 24.7 Å². The number of carbonyl (C=O) groups is 2. The zero-order chi connectivity index (χ0) is 23.7. The maximum absolute atomic E-state index is 12.6. The summed E-state index contributed by atoms with van der Waals surface area (Å²) in [6, 6.07) is 11.0. The van der Waals surface area contributed by atoms with Gasteiger partial charge in [0.25, 0.3) is 11.5 Å². The van der Waals surface area contributed by atoms with Crippen molar-refractivity contribution in [2.75, 3.05) is 17.2 Å². The Morgan fingerprint density at radius 2 is 1.91 bits per heavy atom. The number of nitrogens with zero attached hydrogens (tertiary/aromatic N) is 1. The lowest BCUT2D eigenvalue weighted by atomic mass is 10.0. The van der Waals surface area contributed by atoms with Crippen molar-refractivity contribution in [1.82, 2.24) is 4.57 Å². The lowest BCUT2D eigenvalue weighted by molar-refractivity contribution is -0.118. The standard InChI is InChI=1S/C25H23N3O5/c1-5-20(29)26-16-9-10-19(33-23-14(2)7-6-8-15(23)3)17(11-16)18-12-28(4)25(31)24-22(18)27-21(30)13-32-24/h5-12H,1,13H2,2-4H3,(H,26,29)(H,27,30). The number of hydrogen-bond donors (Lipinski definition) is 2. The number of aromatic nitrogens is 1. The number of aryl methyl sites for hydroxylation is 3. The third kappa shape index (κ3) is 4.23. The van der Waals surface area contributed by atoms with E-state index in [1.807, 2.05) is 32.0 Å². The van der Waals surface area contributed by atoms with Crippen LogP contribution in [0.25, 0.3) is 11.1 Å². The maximum atomic E-state index is 12.6. The van der Waals surface area contributed by atoms with E-state index in [1.165, 1.54) is 10.6 Å². The molecule has 0 unspecified atom stereocenters. The van der Waals surface area contributed by atoms with E-state index < -0.39 is 0 Å². The number of carbonyl (C=O) groups excluding carboxylic acids is 2. The van der Waals surface area contributed by atoms with Gasteiger partial charge in [-0.05, 0) is 49.2 Å². The van der Waals surface area contributed by atoms with E-state index in [9.17, 15) is 14.4 Å². The smallest absolute Gasteiger partial charge is 0.294 e. The number of para-hydroxylation sites is 1. The number of benzene rings is 2. The van der Waals surface area contributed by atoms with E-state index >= 15 is 0 Å². The first-order chi connectivity index (χ1) is 15.8. The van der Waals surface area contributed by atoms with Crippen LogP contribution in [-0.2, 0) is 16.6 Å². The highest BCUT2D eigenvalue weighted by atomic mass is 16.5. The monoisotopic (exact) mass is 445 g/mol. The van der Waals surface area contributed by atoms with Crippen molar-refractivity contribution in [2.24, 2.45) is 7.05 Å². The van der Waals surface area contributed by atoms with Crippen LogP contribution in [0.5, 0.6) is 17.2 Å². The highest BCUT2D eigenvalue weighted by Gasteiger charge is 2.26. The van der Waals surface area contributed by atoms with Crippen molar-refractivity contribution in [2.45, 2.75) is 13.8 Å². The Hall–Kier alpha value is -4.33. The van der Waals surface area contributed by atoms with Crippen LogP contribution in [0.3, 0.4) is 0 Å². The Balaban J connectivity index is 1.94. The van der Waals surface area contributed by atoms with Gasteiger partial charge >= 0.3 is 0 Å². The molecule has 0 saturated carbocycles. The topological polar surface area (TPSA) is 98.7 Å². The van der Waals surface area contributed by atoms with Crippen molar-refractivity contribution in [3.05, 3.63) is 76.7 Å². The normalized spacial score (nSPS) is 12.3. The SMILES string of the molecule is C=CC(=O)Nc1ccc(Oc2c(C)cccc2C)c(-c2cn(C)c(=O)c3c2NC(=O)CO3)c1. The molecule has 3 aromatic rings. The number of rotatable bonds is 5. The summed E-state index contributed by atoms with van der Waals surface area (Å²) in [6.45, 7) is 7.13. The number of amides is 2. The van der Waals surface area contributed by atoms with Gasteiger partial charge in [-0.2, -0.15) is 0 Å². The molecule has 1 aromatic heterocycles. The number of fused-ring (bicyclic) bond motifs is 1. The fraction of sp³-hybridized carbons (Fsp3) is 0.160. The van der Waals surface area contributed by atoms with Gasteiger partial charge in [-0.15, -0.1) is 0 Å². The second-order valence-electron chi connectivity index (χ2n) is 7.73. The summed E-state index contributed by atoms with van der Waals surface area (Å²) in [6.07, 6.45) is 2.77. The minimum absolute atomic E-state index is 0.0492. The molecule has 0 spiro atoms. The molecular weight excluding hydrogens is 422 g/mol. The third-order valence-electron chi connectivity index (χ3n) is 5.29. The molecule has 2 heterocycles. The average molecular weight is 445 g/mol. The highest BCUT2D eigenvalue weighted by Crippen LogP contribution is 2.43. The van der Waals surface area contributed by atoms with Crippen LogP contribution >= 0.6 is 0 Å². The van der Waals surface area contributed by atoms with Crippen LogP contribution in [0.1, 0.15) is 11.1 Å². The lowest BCUT2D eigenvalue weighted by Gasteiger charge is -2.23. The molecule has 2 aromatic carbocycles. The number of hydrogen-bond acceptors (Lipinski definition) is 5. The van der Waals surface area contributed by atoms with Gasteiger partial charge in [0, 0.05) is 30.1 Å². The van der Waals surface area contributed by atoms with Gasteiger partial charge in [0.2, 0.25) is 11.7 Å². The van der Waals surface area contributed by atoms with Gasteiger partial charge in [-0.3, -0.25) is 14.4 Å². The van der Waals surface area contributed by atoms with Crippen molar-refractivity contribution in [3.8, 4) is 28.4 Å². The Labute approximate surface area is 190 Å². The Kier molecular flexibility index (Phi) is 5.74. The molecule has 8 heteroatoms. The van der Waals surface area contributed by atoms with Crippen LogP contribution in [-0.4, -0.2) is 23.0 Å². The Morgan fingerprint density at radius 1 is 1.18 bits per heavy atom. The quantitative estimate of drug-likeness (QED) is 0.580. The van der Waals surface area contributed by atoms with E-state index in [2.05, 4.69) is 17.2 Å². The van der Waals surface area contributed by atoms with Gasteiger partial charge in [0.05, 0.1) is 5.69 Å². The second-order valence-corrected chi connectivity index (χ2v) is 7.73. The van der Waals surface area contributed by atoms with Crippen molar-refractivity contribution < 1.29 is 19.1 Å². The Morgan fingerprint density at radius 3 is 2.61 bits per heavy atom. The average Bonchev–Trinajstić information content (AvgIpc) is 2.79. The molecule has 4 rings (SSSR count). The number of pyridine rings is 1. The lowest BCUT2D eigenvalue weighted by Crippen LogP contribution is -2.31. The zero-order valence-electron chi connectivity index (χ0n) is 18.5. The molecule has 0 radical (unpaired) electrons. The highest BCUT2D eigenvalue weighted by molar-refractivity contribution is 6.02. The summed E-state index contributed by atoms with van der Waals surface area (Å²) in [7, 11) is 1.60. The van der Waals surface area contributed by atoms with Gasteiger partial charge in [-0.25, -0.2) is 0 Å². The molecule has 0 aliphatic carbocycles. The molecule has 0 bridgehead atoms. The minimum Gasteiger partial charge on any atom is -0.476 e. The van der Waals surface area contributed by atoms with Crippen LogP contribution < -0.4 is 25.7 Å². The molecule has 1 aliphatic heterocycles. The first-order valence-electron chi connectivity index (χ1n) is 10.3. The number of ether oxygens (including phenoxy) is 2. The fourth-order valence-corrected chi connectivity index (χ4v) is 3.65. The molecule has 0 saturated heterocycles. The van der Waals surface area contributed by atoms with Crippen LogP contribution in [0.2, 0.25) is 0 Å². The molecule has 33 heavy (non-hydrogen) atoms. The molecule has 168 valence electrons. The Bertz CT molecular complexity index is 1340. The summed E-state index contributed by atoms with van der Waals surface area (Å²) in [4.78, 5) is 36.6. The third-order valence-corrected chi connectivity index (χ3v) is 5.29. The molecule has 0 atom stereocenters. The molecular formula is C25H23N3O5. The summed E-state index contributed by atoms with van der Waals surface area (Å²) in [5.74, 6) is 0.479. The summed E-state index contributed by atoms with van der Waals surface area (Å²) in [5, 5.41) is 5.47. The molecule has 0 fully saturated rings. The van der Waals surface area contributed by atoms with Gasteiger partial charge in [0.1, 0.15) is 11.5 Å². The molecule has 2 amide bonds. The largest absolute Gasteiger partial charge is 0.476 e. The summed E-state index contributed by atoms with van der Waals surface area (Å²) in [5.41, 5.74) is 3.34. The minimum atomic E-state index is -0.373. The van der Waals surface area contributed by atoms with Crippen LogP contribution in [0.15, 0.2) is 60.0 Å². The van der Waals surface area contributed by atoms with E-state index in [0.717, 1.165) is 11.1 Å². The van der Waals surface area contributed by atoms with E-state index in [4.69, 9.17) is 9.47 Å². The number of anilines is 2. The predicted molar refractivity (Wildman–Crippen MR) is 126 cm³/mol. The number of nitrogens with one attached hydrogen (secondary N) is 2. The van der Waals surface area contributed by atoms with Gasteiger partial charge in [0.15, 0.2) is 6.61 Å². The predicted octanol–water partition coefficient (Wildman–Crippen LogP) is 3.92. The second kappa shape index (κ2) is 8.66. The van der Waals surface area contributed by atoms with Crippen molar-refractivity contribution in [3.63, 3.8) is 0 Å². The first-order valence-corrected chi connectivity index (χ1v) is 10.3. The van der Waals surface area contributed by atoms with E-state index in [-0.39, 0.29) is 35.4 Å². The molecule has 2 N–H and O–H groups in total. The molecule has 1 aliphatic rings. The fourth-order valence-electron chi connectivity index (χ4n) is 3.65. The van der Waals surface area contributed by atoms with E-state index in [0.29, 0.717) is 28.3 Å². The molecule has 8 nitrogen and oxygen atoms in total. The zero-order valence-corrected chi connectivity index (χ0v) is 18.5. The van der Waals surface area contributed by atoms with Crippen LogP contribution in [0, 0.1) is 13.8 Å². The maximum Gasteiger partial charge on any atom is 0.294 e. The summed E-state index contributed by atoms with van der Waals surface area (Å²) >= 11 is 0. The van der Waals surface area contributed by atoms with Gasteiger partial charge in [-0.1, -0.05) is 24.8 Å². The van der Waals surface area contributed by atoms with Crippen molar-refractivity contribution in [1.29, 1.82) is 0 Å². The van der Waals surface area contributed by atoms with Crippen molar-refractivity contribution >= 4 is 23.2 Å². The first kappa shape index (κ1) is 21.9. The summed E-state index contributed by atoms with van der Waals surface area (Å²) < 4.78 is 13.2.